The number of methoxy groups -OCH3 is 1. The number of nitrogens with zero attached hydrogens (tertiary/aromatic N) is 4. The highest BCUT2D eigenvalue weighted by molar-refractivity contribution is 5.98. The van der Waals surface area contributed by atoms with Gasteiger partial charge in [0.2, 0.25) is 5.95 Å². The summed E-state index contributed by atoms with van der Waals surface area (Å²) in [5.74, 6) is 1.48. The van der Waals surface area contributed by atoms with E-state index in [1.807, 2.05) is 51.9 Å². The highest BCUT2D eigenvalue weighted by atomic mass is 16.6. The molecular formula is C27H35N5O3. The number of piperidine rings is 1. The molecule has 1 N–H and O–H groups in total. The van der Waals surface area contributed by atoms with Gasteiger partial charge in [-0.25, -0.2) is 14.8 Å². The summed E-state index contributed by atoms with van der Waals surface area (Å²) in [6.45, 7) is 7.00. The number of amides is 1. The number of likely N-dealkylation sites (tertiary alicyclic amines) is 1. The van der Waals surface area contributed by atoms with Gasteiger partial charge in [-0.15, -0.1) is 0 Å². The van der Waals surface area contributed by atoms with Crippen LogP contribution in [-0.2, 0) is 4.74 Å². The van der Waals surface area contributed by atoms with Crippen LogP contribution in [0.25, 0.3) is 22.0 Å². The molecule has 1 saturated heterocycles. The first-order valence-corrected chi connectivity index (χ1v) is 12.0. The van der Waals surface area contributed by atoms with Crippen molar-refractivity contribution in [2.45, 2.75) is 45.3 Å². The van der Waals surface area contributed by atoms with Crippen LogP contribution in [0.3, 0.4) is 0 Å². The molecule has 0 spiro atoms. The Morgan fingerprint density at radius 1 is 1.11 bits per heavy atom. The van der Waals surface area contributed by atoms with Gasteiger partial charge in [0.25, 0.3) is 0 Å². The lowest BCUT2D eigenvalue weighted by Crippen LogP contribution is -2.44. The van der Waals surface area contributed by atoms with Gasteiger partial charge in [0.05, 0.1) is 12.8 Å². The average molecular weight is 478 g/mol. The molecule has 186 valence electrons. The lowest BCUT2D eigenvalue weighted by atomic mass is 10.00. The van der Waals surface area contributed by atoms with E-state index in [0.29, 0.717) is 19.0 Å². The third kappa shape index (κ3) is 5.93. The van der Waals surface area contributed by atoms with Gasteiger partial charge < -0.3 is 24.6 Å². The molecule has 1 aromatic heterocycles. The zero-order valence-corrected chi connectivity index (χ0v) is 21.5. The van der Waals surface area contributed by atoms with Crippen molar-refractivity contribution in [2.24, 2.45) is 0 Å². The number of anilines is 2. The van der Waals surface area contributed by atoms with Crippen LogP contribution >= 0.6 is 0 Å². The molecule has 0 saturated carbocycles. The molecule has 0 unspecified atom stereocenters. The second kappa shape index (κ2) is 9.98. The molecule has 0 radical (unpaired) electrons. The van der Waals surface area contributed by atoms with Gasteiger partial charge in [0, 0.05) is 56.1 Å². The summed E-state index contributed by atoms with van der Waals surface area (Å²) in [5.41, 5.74) is 2.42. The second-order valence-electron chi connectivity index (χ2n) is 10.1. The van der Waals surface area contributed by atoms with E-state index < -0.39 is 5.60 Å². The first-order valence-electron chi connectivity index (χ1n) is 12.0. The molecule has 0 bridgehead atoms. The van der Waals surface area contributed by atoms with Crippen molar-refractivity contribution in [2.75, 3.05) is 44.5 Å². The van der Waals surface area contributed by atoms with Gasteiger partial charge >= 0.3 is 6.09 Å². The van der Waals surface area contributed by atoms with Crippen molar-refractivity contribution >= 4 is 28.5 Å². The number of benzene rings is 2. The highest BCUT2D eigenvalue weighted by Gasteiger charge is 2.27. The summed E-state index contributed by atoms with van der Waals surface area (Å²) in [6.07, 6.45) is 3.23. The second-order valence-corrected chi connectivity index (χ2v) is 10.1. The maximum absolute atomic E-state index is 12.5. The molecule has 0 atom stereocenters. The number of rotatable bonds is 5. The molecule has 1 fully saturated rings. The maximum Gasteiger partial charge on any atom is 0.410 e. The number of aromatic nitrogens is 2. The number of carbonyl (C=O) groups excluding carboxylic acids is 1. The first-order chi connectivity index (χ1) is 16.6. The van der Waals surface area contributed by atoms with E-state index in [0.717, 1.165) is 46.3 Å². The Kier molecular flexibility index (Phi) is 7.00. The fourth-order valence-electron chi connectivity index (χ4n) is 4.21. The van der Waals surface area contributed by atoms with E-state index in [1.54, 1.807) is 18.2 Å². The number of carbonyl (C=O) groups is 1. The van der Waals surface area contributed by atoms with E-state index in [-0.39, 0.29) is 12.1 Å². The number of hydrogen-bond donors (Lipinski definition) is 1. The Balaban J connectivity index is 1.60. The van der Waals surface area contributed by atoms with Crippen LogP contribution in [0.1, 0.15) is 33.6 Å². The molecule has 4 rings (SSSR count). The normalized spacial score (nSPS) is 14.6. The fraction of sp³-hybridized carbons (Fsp3) is 0.444. The van der Waals surface area contributed by atoms with E-state index in [4.69, 9.17) is 14.5 Å². The van der Waals surface area contributed by atoms with Crippen LogP contribution < -0.4 is 15.0 Å². The van der Waals surface area contributed by atoms with E-state index in [1.165, 1.54) is 0 Å². The Labute approximate surface area is 207 Å². The zero-order chi connectivity index (χ0) is 25.2. The van der Waals surface area contributed by atoms with Gasteiger partial charge in [-0.3, -0.25) is 0 Å². The molecule has 0 aliphatic carbocycles. The van der Waals surface area contributed by atoms with Crippen molar-refractivity contribution in [1.82, 2.24) is 14.9 Å². The average Bonchev–Trinajstić information content (AvgIpc) is 2.83. The van der Waals surface area contributed by atoms with Crippen molar-refractivity contribution in [3.63, 3.8) is 0 Å². The van der Waals surface area contributed by atoms with Crippen LogP contribution in [0.15, 0.2) is 42.6 Å². The number of ether oxygens (including phenoxy) is 2. The smallest absolute Gasteiger partial charge is 0.410 e. The predicted octanol–water partition coefficient (Wildman–Crippen LogP) is 5.18. The van der Waals surface area contributed by atoms with Crippen molar-refractivity contribution in [1.29, 1.82) is 0 Å². The Hall–Kier alpha value is -3.55. The number of fused-ring (bicyclic) bond motifs is 1. The lowest BCUT2D eigenvalue weighted by molar-refractivity contribution is 0.0210. The van der Waals surface area contributed by atoms with Crippen LogP contribution in [0.2, 0.25) is 0 Å². The molecule has 1 aliphatic heterocycles. The van der Waals surface area contributed by atoms with E-state index in [2.05, 4.69) is 34.6 Å². The monoisotopic (exact) mass is 477 g/mol. The summed E-state index contributed by atoms with van der Waals surface area (Å²) in [6, 6.07) is 12.6. The highest BCUT2D eigenvalue weighted by Crippen LogP contribution is 2.34. The molecule has 3 aromatic rings. The van der Waals surface area contributed by atoms with Gasteiger partial charge in [-0.1, -0.05) is 6.07 Å². The quantitative estimate of drug-likeness (QED) is 0.542. The van der Waals surface area contributed by atoms with Gasteiger partial charge in [-0.2, -0.15) is 0 Å². The summed E-state index contributed by atoms with van der Waals surface area (Å²) in [4.78, 5) is 25.2. The third-order valence-electron chi connectivity index (χ3n) is 6.01. The first kappa shape index (κ1) is 24.6. The predicted molar refractivity (Wildman–Crippen MR) is 140 cm³/mol. The fourth-order valence-corrected chi connectivity index (χ4v) is 4.21. The summed E-state index contributed by atoms with van der Waals surface area (Å²) < 4.78 is 11.0. The minimum absolute atomic E-state index is 0.237. The summed E-state index contributed by atoms with van der Waals surface area (Å²) >= 11 is 0. The lowest BCUT2D eigenvalue weighted by Gasteiger charge is -2.34. The van der Waals surface area contributed by atoms with Crippen molar-refractivity contribution in [3.05, 3.63) is 42.6 Å². The topological polar surface area (TPSA) is 79.8 Å². The van der Waals surface area contributed by atoms with Crippen LogP contribution in [0, 0.1) is 0 Å². The molecule has 1 amide bonds. The molecule has 2 heterocycles. The SMILES string of the molecule is COc1ccc2cc(-c3ccnc(N(C)C)n3)cc(NC3CCN(C(=O)OC(C)(C)C)CC3)c2c1. The minimum atomic E-state index is -0.488. The van der Waals surface area contributed by atoms with Gasteiger partial charge in [0.1, 0.15) is 11.4 Å². The Bertz CT molecular complexity index is 1200. The Morgan fingerprint density at radius 3 is 2.51 bits per heavy atom. The van der Waals surface area contributed by atoms with E-state index >= 15 is 0 Å². The van der Waals surface area contributed by atoms with Crippen LogP contribution in [0.5, 0.6) is 5.75 Å². The summed E-state index contributed by atoms with van der Waals surface area (Å²) in [5, 5.41) is 5.93. The third-order valence-corrected chi connectivity index (χ3v) is 6.01. The van der Waals surface area contributed by atoms with Gasteiger partial charge in [-0.05, 0) is 69.3 Å². The van der Waals surface area contributed by atoms with Crippen LogP contribution in [0.4, 0.5) is 16.4 Å². The minimum Gasteiger partial charge on any atom is -0.497 e. The summed E-state index contributed by atoms with van der Waals surface area (Å²) in [7, 11) is 5.55. The largest absolute Gasteiger partial charge is 0.497 e. The van der Waals surface area contributed by atoms with E-state index in [9.17, 15) is 4.79 Å². The standard InChI is InChI=1S/C27H35N5O3/c1-27(2,3)35-26(33)32-13-10-20(11-14-32)29-24-16-19(23-9-12-28-25(30-23)31(4)5)15-18-7-8-21(34-6)17-22(18)24/h7-9,12,15-17,20,29H,10-11,13-14H2,1-6H3. The number of hydrogen-bond acceptors (Lipinski definition) is 7. The maximum atomic E-state index is 12.5. The van der Waals surface area contributed by atoms with Crippen molar-refractivity contribution < 1.29 is 14.3 Å². The number of nitrogens with one attached hydrogen (secondary N) is 1. The molecule has 8 heteroatoms. The zero-order valence-electron chi connectivity index (χ0n) is 21.5. The molecule has 2 aromatic carbocycles. The molecular weight excluding hydrogens is 442 g/mol. The van der Waals surface area contributed by atoms with Gasteiger partial charge in [0.15, 0.2) is 0 Å². The Morgan fingerprint density at radius 2 is 1.86 bits per heavy atom. The van der Waals surface area contributed by atoms with Crippen molar-refractivity contribution in [3.8, 4) is 17.0 Å². The molecule has 8 nitrogen and oxygen atoms in total. The van der Waals surface area contributed by atoms with Crippen LogP contribution in [-0.4, -0.2) is 66.9 Å². The molecule has 1 aliphatic rings. The molecule has 35 heavy (non-hydrogen) atoms.